The van der Waals surface area contributed by atoms with Crippen molar-refractivity contribution in [1.82, 2.24) is 20.2 Å². The third-order valence-electron chi connectivity index (χ3n) is 2.45. The third kappa shape index (κ3) is 4.02. The number of nitrogens with one attached hydrogen (secondary N) is 1. The molecule has 0 saturated heterocycles. The predicted octanol–water partition coefficient (Wildman–Crippen LogP) is 0.905. The summed E-state index contributed by atoms with van der Waals surface area (Å²) in [7, 11) is 1.45. The lowest BCUT2D eigenvalue weighted by molar-refractivity contribution is -0.121. The van der Waals surface area contributed by atoms with Crippen molar-refractivity contribution < 1.29 is 14.6 Å². The van der Waals surface area contributed by atoms with Gasteiger partial charge in [-0.15, -0.1) is 0 Å². The summed E-state index contributed by atoms with van der Waals surface area (Å²) in [4.78, 5) is 15.3. The summed E-state index contributed by atoms with van der Waals surface area (Å²) in [5, 5.41) is 17.3. The van der Waals surface area contributed by atoms with E-state index >= 15 is 0 Å². The van der Waals surface area contributed by atoms with Crippen molar-refractivity contribution in [2.24, 2.45) is 5.10 Å². The van der Waals surface area contributed by atoms with E-state index < -0.39 is 0 Å². The van der Waals surface area contributed by atoms with Crippen LogP contribution in [0.1, 0.15) is 5.56 Å². The molecule has 110 valence electrons. The summed E-state index contributed by atoms with van der Waals surface area (Å²) in [5.74, 6) is -0.0220. The van der Waals surface area contributed by atoms with Crippen LogP contribution in [0, 0.1) is 0 Å². The first-order valence-electron chi connectivity index (χ1n) is 5.81. The number of carbonyl (C=O) groups excluding carboxylic acids is 1. The second-order valence-corrected chi connectivity index (χ2v) is 4.79. The lowest BCUT2D eigenvalue weighted by Gasteiger charge is -2.06. The number of benzene rings is 1. The van der Waals surface area contributed by atoms with Crippen LogP contribution in [-0.4, -0.2) is 39.1 Å². The number of rotatable bonds is 5. The molecule has 1 aromatic heterocycles. The highest BCUT2D eigenvalue weighted by Gasteiger charge is 2.07. The molecule has 2 aromatic rings. The average molecular weight is 354 g/mol. The topological polar surface area (TPSA) is 102 Å². The number of hydrazone groups is 1. The number of phenols is 1. The van der Waals surface area contributed by atoms with Crippen molar-refractivity contribution in [3.63, 3.8) is 0 Å². The van der Waals surface area contributed by atoms with E-state index in [1.165, 1.54) is 30.7 Å². The third-order valence-corrected chi connectivity index (χ3v) is 3.05. The molecule has 9 heteroatoms. The van der Waals surface area contributed by atoms with Gasteiger partial charge in [-0.1, -0.05) is 0 Å². The molecule has 0 radical (unpaired) electrons. The van der Waals surface area contributed by atoms with Crippen molar-refractivity contribution in [3.8, 4) is 11.5 Å². The van der Waals surface area contributed by atoms with Gasteiger partial charge >= 0.3 is 0 Å². The number of carbonyl (C=O) groups is 1. The van der Waals surface area contributed by atoms with Gasteiger partial charge in [0, 0.05) is 0 Å². The molecule has 0 aliphatic heterocycles. The summed E-state index contributed by atoms with van der Waals surface area (Å²) in [5.41, 5.74) is 3.01. The van der Waals surface area contributed by atoms with Crippen molar-refractivity contribution in [3.05, 3.63) is 34.8 Å². The fraction of sp³-hybridized carbons (Fsp3) is 0.167. The van der Waals surface area contributed by atoms with Gasteiger partial charge in [0.1, 0.15) is 19.2 Å². The van der Waals surface area contributed by atoms with Crippen LogP contribution >= 0.6 is 15.9 Å². The van der Waals surface area contributed by atoms with Crippen LogP contribution in [0.2, 0.25) is 0 Å². The van der Waals surface area contributed by atoms with E-state index in [1.54, 1.807) is 12.1 Å². The Morgan fingerprint density at radius 3 is 3.10 bits per heavy atom. The van der Waals surface area contributed by atoms with Crippen LogP contribution in [0.5, 0.6) is 11.5 Å². The second-order valence-electron chi connectivity index (χ2n) is 3.94. The Hall–Kier alpha value is -2.42. The minimum atomic E-state index is -0.332. The van der Waals surface area contributed by atoms with Gasteiger partial charge in [0.25, 0.3) is 5.91 Å². The zero-order chi connectivity index (χ0) is 15.2. The molecule has 1 aromatic carbocycles. The van der Waals surface area contributed by atoms with E-state index in [-0.39, 0.29) is 18.2 Å². The Kier molecular flexibility index (Phi) is 4.88. The number of amides is 1. The van der Waals surface area contributed by atoms with Gasteiger partial charge in [0.2, 0.25) is 0 Å². The minimum absolute atomic E-state index is 0.00451. The van der Waals surface area contributed by atoms with Gasteiger partial charge < -0.3 is 9.84 Å². The molecule has 0 bridgehead atoms. The number of aromatic nitrogens is 3. The van der Waals surface area contributed by atoms with E-state index in [4.69, 9.17) is 4.74 Å². The maximum atomic E-state index is 11.6. The van der Waals surface area contributed by atoms with Crippen molar-refractivity contribution in [2.75, 3.05) is 7.11 Å². The SMILES string of the molecule is COc1cc(/C=N/NC(=O)Cn2cncn2)cc(Br)c1O. The molecular formula is C12H12BrN5O3. The molecule has 0 aliphatic rings. The Morgan fingerprint density at radius 1 is 1.62 bits per heavy atom. The van der Waals surface area contributed by atoms with Crippen molar-refractivity contribution >= 4 is 28.1 Å². The zero-order valence-corrected chi connectivity index (χ0v) is 12.6. The normalized spacial score (nSPS) is 10.8. The van der Waals surface area contributed by atoms with Crippen LogP contribution in [0.3, 0.4) is 0 Å². The first-order chi connectivity index (χ1) is 10.1. The maximum absolute atomic E-state index is 11.6. The Labute approximate surface area is 128 Å². The van der Waals surface area contributed by atoms with Crippen LogP contribution < -0.4 is 10.2 Å². The summed E-state index contributed by atoms with van der Waals surface area (Å²) >= 11 is 3.20. The lowest BCUT2D eigenvalue weighted by atomic mass is 10.2. The first kappa shape index (κ1) is 15.0. The van der Waals surface area contributed by atoms with E-state index in [0.717, 1.165) is 0 Å². The Bertz CT molecular complexity index is 657. The molecule has 1 heterocycles. The number of ether oxygens (including phenoxy) is 1. The lowest BCUT2D eigenvalue weighted by Crippen LogP contribution is -2.23. The Morgan fingerprint density at radius 2 is 2.43 bits per heavy atom. The molecule has 2 rings (SSSR count). The van der Waals surface area contributed by atoms with Crippen molar-refractivity contribution in [2.45, 2.75) is 6.54 Å². The summed E-state index contributed by atoms with van der Waals surface area (Å²) in [6.45, 7) is 0.0277. The van der Waals surface area contributed by atoms with Gasteiger partial charge in [-0.25, -0.2) is 15.1 Å². The quantitative estimate of drug-likeness (QED) is 0.614. The average Bonchev–Trinajstić information content (AvgIpc) is 2.95. The maximum Gasteiger partial charge on any atom is 0.261 e. The summed E-state index contributed by atoms with van der Waals surface area (Å²) in [6.07, 6.45) is 4.22. The monoisotopic (exact) mass is 353 g/mol. The molecule has 2 N–H and O–H groups in total. The first-order valence-corrected chi connectivity index (χ1v) is 6.60. The van der Waals surface area contributed by atoms with E-state index in [1.807, 2.05) is 0 Å². The largest absolute Gasteiger partial charge is 0.503 e. The number of hydrogen-bond donors (Lipinski definition) is 2. The number of hydrogen-bond acceptors (Lipinski definition) is 6. The molecule has 0 unspecified atom stereocenters. The van der Waals surface area contributed by atoms with Crippen LogP contribution in [-0.2, 0) is 11.3 Å². The molecule has 0 aliphatic carbocycles. The standard InChI is InChI=1S/C12H12BrN5O3/c1-21-10-3-8(2-9(13)12(10)20)4-15-17-11(19)5-18-7-14-6-16-18/h2-4,6-7,20H,5H2,1H3,(H,17,19)/b15-4+. The summed E-state index contributed by atoms with van der Waals surface area (Å²) < 4.78 is 6.87. The second kappa shape index (κ2) is 6.84. The predicted molar refractivity (Wildman–Crippen MR) is 78.1 cm³/mol. The van der Waals surface area contributed by atoms with Gasteiger partial charge in [-0.3, -0.25) is 4.79 Å². The van der Waals surface area contributed by atoms with Crippen LogP contribution in [0.15, 0.2) is 34.4 Å². The molecule has 8 nitrogen and oxygen atoms in total. The van der Waals surface area contributed by atoms with Crippen LogP contribution in [0.4, 0.5) is 0 Å². The fourth-order valence-electron chi connectivity index (χ4n) is 1.50. The Balaban J connectivity index is 1.98. The highest BCUT2D eigenvalue weighted by atomic mass is 79.9. The highest BCUT2D eigenvalue weighted by molar-refractivity contribution is 9.10. The molecule has 0 atom stereocenters. The van der Waals surface area contributed by atoms with Crippen molar-refractivity contribution in [1.29, 1.82) is 0 Å². The van der Waals surface area contributed by atoms with E-state index in [9.17, 15) is 9.90 Å². The number of nitrogens with zero attached hydrogens (tertiary/aromatic N) is 4. The van der Waals surface area contributed by atoms with Gasteiger partial charge in [0.15, 0.2) is 11.5 Å². The highest BCUT2D eigenvalue weighted by Crippen LogP contribution is 2.34. The molecule has 1 amide bonds. The van der Waals surface area contributed by atoms with Crippen LogP contribution in [0.25, 0.3) is 0 Å². The summed E-state index contributed by atoms with van der Waals surface area (Å²) in [6, 6.07) is 3.23. The molecule has 0 fully saturated rings. The number of methoxy groups -OCH3 is 1. The molecule has 0 saturated carbocycles. The fourth-order valence-corrected chi connectivity index (χ4v) is 1.96. The smallest absolute Gasteiger partial charge is 0.261 e. The van der Waals surface area contributed by atoms with E-state index in [0.29, 0.717) is 15.8 Å². The molecule has 21 heavy (non-hydrogen) atoms. The van der Waals surface area contributed by atoms with E-state index in [2.05, 4.69) is 36.5 Å². The van der Waals surface area contributed by atoms with Gasteiger partial charge in [-0.2, -0.15) is 10.2 Å². The number of halogens is 1. The van der Waals surface area contributed by atoms with Gasteiger partial charge in [0.05, 0.1) is 17.8 Å². The number of aromatic hydroxyl groups is 1. The molecular weight excluding hydrogens is 342 g/mol. The number of phenolic OH excluding ortho intramolecular Hbond substituents is 1. The van der Waals surface area contributed by atoms with Gasteiger partial charge in [-0.05, 0) is 33.6 Å². The minimum Gasteiger partial charge on any atom is -0.503 e. The zero-order valence-electron chi connectivity index (χ0n) is 11.0. The molecule has 0 spiro atoms.